The number of esters is 1. The number of nitrogens with zero attached hydrogens (tertiary/aromatic N) is 1. The van der Waals surface area contributed by atoms with Crippen molar-refractivity contribution in [3.8, 4) is 0 Å². The molecule has 1 aliphatic heterocycles. The molecule has 0 spiro atoms. The highest BCUT2D eigenvalue weighted by Crippen LogP contribution is 2.26. The van der Waals surface area contributed by atoms with Crippen LogP contribution in [-0.2, 0) is 22.6 Å². The zero-order chi connectivity index (χ0) is 24.2. The molecule has 172 valence electrons. The number of carbonyl (C=O) groups is 4. The van der Waals surface area contributed by atoms with Gasteiger partial charge in [0.05, 0.1) is 23.2 Å². The van der Waals surface area contributed by atoms with E-state index in [-0.39, 0.29) is 35.6 Å². The van der Waals surface area contributed by atoms with Gasteiger partial charge in [-0.15, -0.1) is 0 Å². The molecule has 4 rings (SSSR count). The quantitative estimate of drug-likeness (QED) is 0.431. The number of benzene rings is 3. The topological polar surface area (TPSA) is 92.8 Å². The third kappa shape index (κ3) is 4.85. The van der Waals surface area contributed by atoms with Crippen LogP contribution in [0.1, 0.15) is 47.8 Å². The first-order valence-corrected chi connectivity index (χ1v) is 10.6. The van der Waals surface area contributed by atoms with Crippen LogP contribution < -0.4 is 5.32 Å². The number of hydrogen-bond acceptors (Lipinski definition) is 5. The number of rotatable bonds is 7. The van der Waals surface area contributed by atoms with Crippen molar-refractivity contribution < 1.29 is 28.3 Å². The highest BCUT2D eigenvalue weighted by atomic mass is 19.1. The van der Waals surface area contributed by atoms with Gasteiger partial charge in [0.1, 0.15) is 5.82 Å². The third-order valence-electron chi connectivity index (χ3n) is 5.45. The van der Waals surface area contributed by atoms with Crippen LogP contribution in [0.2, 0.25) is 0 Å². The normalized spacial score (nSPS) is 12.5. The number of ether oxygens (including phenoxy) is 1. The predicted octanol–water partition coefficient (Wildman–Crippen LogP) is 3.40. The van der Waals surface area contributed by atoms with Crippen LogP contribution in [-0.4, -0.2) is 35.2 Å². The number of nitrogens with one attached hydrogen (secondary N) is 1. The van der Waals surface area contributed by atoms with E-state index in [4.69, 9.17) is 4.74 Å². The Hall–Kier alpha value is -4.33. The lowest BCUT2D eigenvalue weighted by Gasteiger charge is -2.13. The average molecular weight is 460 g/mol. The number of amides is 3. The number of carbonyl (C=O) groups excluding carboxylic acids is 4. The summed E-state index contributed by atoms with van der Waals surface area (Å²) in [6.45, 7) is 1.30. The molecule has 0 atom stereocenters. The molecule has 7 nitrogen and oxygen atoms in total. The number of fused-ring (bicyclic) bond motifs is 1. The minimum absolute atomic E-state index is 0.0508. The Bertz CT molecular complexity index is 1290. The van der Waals surface area contributed by atoms with E-state index in [0.29, 0.717) is 11.1 Å². The van der Waals surface area contributed by atoms with Crippen molar-refractivity contribution in [1.82, 2.24) is 10.2 Å². The maximum atomic E-state index is 13.6. The maximum Gasteiger partial charge on any atom is 0.338 e. The second-order valence-corrected chi connectivity index (χ2v) is 7.88. The van der Waals surface area contributed by atoms with Crippen LogP contribution in [0.5, 0.6) is 0 Å². The first-order chi connectivity index (χ1) is 16.3. The molecule has 1 N–H and O–H groups in total. The van der Waals surface area contributed by atoms with E-state index in [1.54, 1.807) is 19.1 Å². The Balaban J connectivity index is 1.35. The second kappa shape index (κ2) is 9.66. The van der Waals surface area contributed by atoms with E-state index in [0.717, 1.165) is 10.5 Å². The first-order valence-electron chi connectivity index (χ1n) is 10.6. The Morgan fingerprint density at radius 1 is 0.912 bits per heavy atom. The lowest BCUT2D eigenvalue weighted by atomic mass is 10.1. The van der Waals surface area contributed by atoms with E-state index in [1.165, 1.54) is 24.3 Å². The molecule has 0 saturated carbocycles. The number of imide groups is 1. The molecule has 3 aromatic carbocycles. The molecule has 0 aliphatic carbocycles. The predicted molar refractivity (Wildman–Crippen MR) is 120 cm³/mol. The highest BCUT2D eigenvalue weighted by molar-refractivity contribution is 6.21. The molecule has 0 bridgehead atoms. The van der Waals surface area contributed by atoms with Gasteiger partial charge in [0.2, 0.25) is 0 Å². The van der Waals surface area contributed by atoms with Crippen LogP contribution >= 0.6 is 0 Å². The fraction of sp³-hybridized carbons (Fsp3) is 0.154. The smallest absolute Gasteiger partial charge is 0.338 e. The lowest BCUT2D eigenvalue weighted by Crippen LogP contribution is -2.29. The summed E-state index contributed by atoms with van der Waals surface area (Å²) in [6.07, 6.45) is 0. The fourth-order valence-corrected chi connectivity index (χ4v) is 3.54. The molecule has 1 aliphatic rings. The Kier molecular flexibility index (Phi) is 6.49. The van der Waals surface area contributed by atoms with Gasteiger partial charge in [0.25, 0.3) is 17.7 Å². The van der Waals surface area contributed by atoms with Crippen LogP contribution in [0.4, 0.5) is 4.39 Å². The van der Waals surface area contributed by atoms with Gasteiger partial charge in [-0.25, -0.2) is 9.18 Å². The summed E-state index contributed by atoms with van der Waals surface area (Å²) in [7, 11) is 0. The van der Waals surface area contributed by atoms with Crippen LogP contribution in [0.15, 0.2) is 66.7 Å². The van der Waals surface area contributed by atoms with Gasteiger partial charge in [0.15, 0.2) is 6.61 Å². The first kappa shape index (κ1) is 22.8. The number of halogens is 1. The standard InChI is InChI=1S/C26H21FN2O5/c1-16-7-8-18(11-22(16)27)13-28-23(30)15-34-26(33)19-9-10-20-21(12-19)25(32)29(24(20)31)14-17-5-3-2-4-6-17/h2-12H,13-15H2,1H3,(H,28,30). The SMILES string of the molecule is Cc1ccc(CNC(=O)COC(=O)c2ccc3c(c2)C(=O)N(Cc2ccccc2)C3=O)cc1F. The summed E-state index contributed by atoms with van der Waals surface area (Å²) in [5.41, 5.74) is 2.25. The Morgan fingerprint density at radius 3 is 2.38 bits per heavy atom. The minimum Gasteiger partial charge on any atom is -0.452 e. The molecule has 0 unspecified atom stereocenters. The lowest BCUT2D eigenvalue weighted by molar-refractivity contribution is -0.124. The fourth-order valence-electron chi connectivity index (χ4n) is 3.54. The monoisotopic (exact) mass is 460 g/mol. The third-order valence-corrected chi connectivity index (χ3v) is 5.45. The van der Waals surface area contributed by atoms with Crippen molar-refractivity contribution >= 4 is 23.7 Å². The number of hydrogen-bond donors (Lipinski definition) is 1. The average Bonchev–Trinajstić information content (AvgIpc) is 3.08. The molecule has 34 heavy (non-hydrogen) atoms. The molecular weight excluding hydrogens is 439 g/mol. The van der Waals surface area contributed by atoms with Crippen LogP contribution in [0.25, 0.3) is 0 Å². The van der Waals surface area contributed by atoms with Gasteiger partial charge in [-0.05, 0) is 47.9 Å². The van der Waals surface area contributed by atoms with E-state index in [1.807, 2.05) is 30.3 Å². The Labute approximate surface area is 195 Å². The largest absolute Gasteiger partial charge is 0.452 e. The zero-order valence-corrected chi connectivity index (χ0v) is 18.3. The van der Waals surface area contributed by atoms with Gasteiger partial charge in [-0.2, -0.15) is 0 Å². The van der Waals surface area contributed by atoms with Crippen molar-refractivity contribution in [3.05, 3.63) is 106 Å². The number of aryl methyl sites for hydroxylation is 1. The van der Waals surface area contributed by atoms with Crippen molar-refractivity contribution in [1.29, 1.82) is 0 Å². The zero-order valence-electron chi connectivity index (χ0n) is 18.3. The molecule has 0 radical (unpaired) electrons. The summed E-state index contributed by atoms with van der Waals surface area (Å²) in [5.74, 6) is -2.67. The molecule has 3 aromatic rings. The maximum absolute atomic E-state index is 13.6. The molecular formula is C26H21FN2O5. The van der Waals surface area contributed by atoms with Crippen LogP contribution in [0.3, 0.4) is 0 Å². The van der Waals surface area contributed by atoms with Crippen molar-refractivity contribution in [3.63, 3.8) is 0 Å². The van der Waals surface area contributed by atoms with Gasteiger partial charge in [-0.1, -0.05) is 42.5 Å². The molecule has 8 heteroatoms. The van der Waals surface area contributed by atoms with Gasteiger partial charge >= 0.3 is 5.97 Å². The minimum atomic E-state index is -0.805. The van der Waals surface area contributed by atoms with Gasteiger partial charge in [0, 0.05) is 6.54 Å². The summed E-state index contributed by atoms with van der Waals surface area (Å²) in [6, 6.07) is 17.8. The van der Waals surface area contributed by atoms with Gasteiger partial charge < -0.3 is 10.1 Å². The second-order valence-electron chi connectivity index (χ2n) is 7.88. The van der Waals surface area contributed by atoms with Crippen molar-refractivity contribution in [2.45, 2.75) is 20.0 Å². The van der Waals surface area contributed by atoms with Crippen LogP contribution in [0, 0.1) is 12.7 Å². The summed E-state index contributed by atoms with van der Waals surface area (Å²) >= 11 is 0. The summed E-state index contributed by atoms with van der Waals surface area (Å²) < 4.78 is 18.6. The molecule has 0 aromatic heterocycles. The van der Waals surface area contributed by atoms with E-state index < -0.39 is 30.3 Å². The van der Waals surface area contributed by atoms with Crippen molar-refractivity contribution in [2.24, 2.45) is 0 Å². The van der Waals surface area contributed by atoms with E-state index >= 15 is 0 Å². The Morgan fingerprint density at radius 2 is 1.65 bits per heavy atom. The highest BCUT2D eigenvalue weighted by Gasteiger charge is 2.36. The molecule has 1 heterocycles. The summed E-state index contributed by atoms with van der Waals surface area (Å²) in [4.78, 5) is 51.0. The molecule has 0 fully saturated rings. The van der Waals surface area contributed by atoms with Crippen molar-refractivity contribution in [2.75, 3.05) is 6.61 Å². The van der Waals surface area contributed by atoms with E-state index in [9.17, 15) is 23.6 Å². The van der Waals surface area contributed by atoms with E-state index in [2.05, 4.69) is 5.32 Å². The van der Waals surface area contributed by atoms with Gasteiger partial charge in [-0.3, -0.25) is 19.3 Å². The molecule has 0 saturated heterocycles. The molecule has 3 amide bonds. The summed E-state index contributed by atoms with van der Waals surface area (Å²) in [5, 5.41) is 2.55.